The Labute approximate surface area is 125 Å². The lowest BCUT2D eigenvalue weighted by atomic mass is 9.93. The largest absolute Gasteiger partial charge is 0.391 e. The minimum atomic E-state index is -2.22. The second-order valence-corrected chi connectivity index (χ2v) is 5.00. The molecule has 120 valence electrons. The minimum Gasteiger partial charge on any atom is -0.391 e. The summed E-state index contributed by atoms with van der Waals surface area (Å²) >= 11 is 0. The molecule has 1 aromatic rings. The van der Waals surface area contributed by atoms with Crippen molar-refractivity contribution in [3.63, 3.8) is 0 Å². The fourth-order valence-electron chi connectivity index (χ4n) is 2.34. The number of nitrogens with two attached hydrogens (primary N) is 1. The Bertz CT molecular complexity index is 695. The maximum Gasteiger partial charge on any atom is 0.351 e. The summed E-state index contributed by atoms with van der Waals surface area (Å²) in [7, 11) is 0. The van der Waals surface area contributed by atoms with Crippen LogP contribution >= 0.6 is 0 Å². The van der Waals surface area contributed by atoms with Gasteiger partial charge in [0, 0.05) is 0 Å². The zero-order valence-electron chi connectivity index (χ0n) is 11.9. The molecule has 0 saturated carbocycles. The van der Waals surface area contributed by atoms with Crippen LogP contribution in [0.4, 0.5) is 10.2 Å². The Morgan fingerprint density at radius 2 is 2.27 bits per heavy atom. The molecule has 5 atom stereocenters. The van der Waals surface area contributed by atoms with Gasteiger partial charge >= 0.3 is 5.69 Å². The molecule has 1 unspecified atom stereocenters. The van der Waals surface area contributed by atoms with Gasteiger partial charge < -0.3 is 25.8 Å². The van der Waals surface area contributed by atoms with Gasteiger partial charge in [-0.2, -0.15) is 4.98 Å². The fourth-order valence-corrected chi connectivity index (χ4v) is 2.34. The van der Waals surface area contributed by atoms with Crippen LogP contribution in [0.5, 0.6) is 0 Å². The first-order chi connectivity index (χ1) is 10.2. The molecule has 5 N–H and O–H groups in total. The van der Waals surface area contributed by atoms with Crippen LogP contribution in [-0.4, -0.2) is 48.8 Å². The van der Waals surface area contributed by atoms with Crippen molar-refractivity contribution >= 4 is 5.82 Å². The Hall–Kier alpha value is -1.99. The molecule has 1 saturated heterocycles. The highest BCUT2D eigenvalue weighted by atomic mass is 19.1. The van der Waals surface area contributed by atoms with Crippen LogP contribution in [0.15, 0.2) is 11.0 Å². The summed E-state index contributed by atoms with van der Waals surface area (Å²) in [5.74, 6) is 3.16. The number of aliphatic hydroxyl groups excluding tert-OH is 2. The number of aromatic nitrogens is 2. The van der Waals surface area contributed by atoms with Crippen molar-refractivity contribution in [3.05, 3.63) is 22.5 Å². The van der Waals surface area contributed by atoms with E-state index in [1.165, 1.54) is 13.8 Å². The molecule has 9 heteroatoms. The van der Waals surface area contributed by atoms with E-state index < -0.39 is 47.5 Å². The van der Waals surface area contributed by atoms with Crippen molar-refractivity contribution in [1.29, 1.82) is 0 Å². The van der Waals surface area contributed by atoms with Crippen LogP contribution in [0, 0.1) is 17.7 Å². The SMILES string of the molecule is CC#C[C@@]1(O)C(O)[C@@H]([C@H](C)O)O[C@H]1n1cc(F)c(N)nc1=O. The molecule has 1 aliphatic rings. The third kappa shape index (κ3) is 2.46. The number of ether oxygens (including phenoxy) is 1. The number of hydrogen-bond donors (Lipinski definition) is 4. The van der Waals surface area contributed by atoms with Crippen molar-refractivity contribution in [1.82, 2.24) is 9.55 Å². The number of aliphatic hydroxyl groups is 3. The van der Waals surface area contributed by atoms with Crippen LogP contribution in [0.1, 0.15) is 20.1 Å². The number of anilines is 1. The maximum atomic E-state index is 13.6. The molecule has 1 aliphatic heterocycles. The van der Waals surface area contributed by atoms with Crippen molar-refractivity contribution < 1.29 is 24.4 Å². The van der Waals surface area contributed by atoms with Gasteiger partial charge in [0.1, 0.15) is 12.2 Å². The number of rotatable bonds is 2. The van der Waals surface area contributed by atoms with Gasteiger partial charge in [-0.05, 0) is 13.8 Å². The minimum absolute atomic E-state index is 0.600. The second kappa shape index (κ2) is 5.66. The predicted octanol–water partition coefficient (Wildman–Crippen LogP) is -1.64. The molecule has 0 spiro atoms. The Morgan fingerprint density at radius 1 is 1.64 bits per heavy atom. The van der Waals surface area contributed by atoms with Crippen LogP contribution in [0.2, 0.25) is 0 Å². The Balaban J connectivity index is 2.59. The van der Waals surface area contributed by atoms with Gasteiger partial charge in [-0.3, -0.25) is 4.57 Å². The van der Waals surface area contributed by atoms with Crippen molar-refractivity contribution in [2.24, 2.45) is 0 Å². The second-order valence-electron chi connectivity index (χ2n) is 5.00. The monoisotopic (exact) mass is 313 g/mol. The molecular weight excluding hydrogens is 297 g/mol. The summed E-state index contributed by atoms with van der Waals surface area (Å²) < 4.78 is 19.5. The number of nitrogens with zero attached hydrogens (tertiary/aromatic N) is 2. The van der Waals surface area contributed by atoms with Crippen LogP contribution in [0.25, 0.3) is 0 Å². The first-order valence-corrected chi connectivity index (χ1v) is 6.44. The molecule has 0 bridgehead atoms. The van der Waals surface area contributed by atoms with Crippen molar-refractivity contribution in [3.8, 4) is 11.8 Å². The van der Waals surface area contributed by atoms with Gasteiger partial charge in [0.25, 0.3) is 0 Å². The highest BCUT2D eigenvalue weighted by Crippen LogP contribution is 2.38. The summed E-state index contributed by atoms with van der Waals surface area (Å²) in [6, 6.07) is 0. The third-order valence-corrected chi connectivity index (χ3v) is 3.41. The van der Waals surface area contributed by atoms with E-state index in [9.17, 15) is 24.5 Å². The Kier molecular flexibility index (Phi) is 4.21. The molecule has 0 amide bonds. The van der Waals surface area contributed by atoms with E-state index in [0.29, 0.717) is 10.8 Å². The van der Waals surface area contributed by atoms with Crippen LogP contribution < -0.4 is 11.4 Å². The van der Waals surface area contributed by atoms with Crippen LogP contribution in [0.3, 0.4) is 0 Å². The van der Waals surface area contributed by atoms with Gasteiger partial charge in [-0.1, -0.05) is 5.92 Å². The van der Waals surface area contributed by atoms with E-state index in [0.717, 1.165) is 0 Å². The lowest BCUT2D eigenvalue weighted by molar-refractivity contribution is -0.0886. The molecule has 22 heavy (non-hydrogen) atoms. The van der Waals surface area contributed by atoms with E-state index in [2.05, 4.69) is 16.8 Å². The molecule has 2 rings (SSSR count). The lowest BCUT2D eigenvalue weighted by Gasteiger charge is -2.26. The first-order valence-electron chi connectivity index (χ1n) is 6.44. The lowest BCUT2D eigenvalue weighted by Crippen LogP contribution is -2.48. The van der Waals surface area contributed by atoms with Gasteiger partial charge in [0.05, 0.1) is 12.3 Å². The van der Waals surface area contributed by atoms with E-state index in [-0.39, 0.29) is 0 Å². The zero-order valence-corrected chi connectivity index (χ0v) is 11.9. The molecular formula is C13H16FN3O5. The van der Waals surface area contributed by atoms with E-state index >= 15 is 0 Å². The van der Waals surface area contributed by atoms with E-state index in [1.54, 1.807) is 0 Å². The average molecular weight is 313 g/mol. The summed E-state index contributed by atoms with van der Waals surface area (Å²) in [5.41, 5.74) is 1.99. The fraction of sp³-hybridized carbons (Fsp3) is 0.538. The van der Waals surface area contributed by atoms with Gasteiger partial charge in [-0.25, -0.2) is 9.18 Å². The highest BCUT2D eigenvalue weighted by molar-refractivity contribution is 5.28. The molecule has 0 aliphatic carbocycles. The summed E-state index contributed by atoms with van der Waals surface area (Å²) in [4.78, 5) is 15.1. The molecule has 1 aromatic heterocycles. The predicted molar refractivity (Wildman–Crippen MR) is 72.9 cm³/mol. The molecule has 0 aromatic carbocycles. The molecule has 8 nitrogen and oxygen atoms in total. The summed E-state index contributed by atoms with van der Waals surface area (Å²) in [6.07, 6.45) is -4.84. The van der Waals surface area contributed by atoms with Gasteiger partial charge in [0.2, 0.25) is 0 Å². The normalized spacial score (nSPS) is 32.4. The molecule has 0 radical (unpaired) electrons. The zero-order chi connectivity index (χ0) is 16.7. The van der Waals surface area contributed by atoms with Crippen molar-refractivity contribution in [2.45, 2.75) is 44.0 Å². The van der Waals surface area contributed by atoms with Crippen LogP contribution in [-0.2, 0) is 4.74 Å². The average Bonchev–Trinajstić information content (AvgIpc) is 2.68. The highest BCUT2D eigenvalue weighted by Gasteiger charge is 2.57. The summed E-state index contributed by atoms with van der Waals surface area (Å²) in [5, 5.41) is 30.4. The smallest absolute Gasteiger partial charge is 0.351 e. The maximum absolute atomic E-state index is 13.6. The first kappa shape index (κ1) is 16.4. The number of nitrogen functional groups attached to an aromatic ring is 1. The van der Waals surface area contributed by atoms with Crippen molar-refractivity contribution in [2.75, 3.05) is 5.73 Å². The summed E-state index contributed by atoms with van der Waals surface area (Å²) in [6.45, 7) is 2.74. The standard InChI is InChI=1S/C13H16FN3O5/c1-3-4-13(21)9(19)8(6(2)18)22-11(13)17-5-7(14)10(15)16-12(17)20/h5-6,8-9,11,18-19,21H,1-2H3,(H2,15,16,20)/t6-,8+,9?,11+,13+/m0/s1. The number of hydrogen-bond acceptors (Lipinski definition) is 7. The van der Waals surface area contributed by atoms with E-state index in [4.69, 9.17) is 10.5 Å². The Morgan fingerprint density at radius 3 is 2.82 bits per heavy atom. The van der Waals surface area contributed by atoms with Gasteiger partial charge in [0.15, 0.2) is 23.5 Å². The molecule has 1 fully saturated rings. The number of halogens is 1. The van der Waals surface area contributed by atoms with Gasteiger partial charge in [-0.15, -0.1) is 5.92 Å². The topological polar surface area (TPSA) is 131 Å². The third-order valence-electron chi connectivity index (χ3n) is 3.41. The molecule has 2 heterocycles. The van der Waals surface area contributed by atoms with E-state index in [1.807, 2.05) is 0 Å². The quantitative estimate of drug-likeness (QED) is 0.482.